The molecular weight excluding hydrogens is 988 g/mol. The molecule has 0 bridgehead atoms. The Morgan fingerprint density at radius 2 is 0.782 bits per heavy atom. The number of allylic oxidation sites excluding steroid dienone is 9. The predicted molar refractivity (Wildman–Crippen MR) is 335 cm³/mol. The van der Waals surface area contributed by atoms with E-state index >= 15 is 0 Å². The molecule has 0 fully saturated rings. The van der Waals surface area contributed by atoms with Gasteiger partial charge in [-0.3, -0.25) is 14.2 Å². The number of phosphoric ester groups is 1. The quantitative estimate of drug-likeness (QED) is 0.0212. The highest BCUT2D eigenvalue weighted by molar-refractivity contribution is 7.45. The number of hydrogen-bond donors (Lipinski definition) is 1. The van der Waals surface area contributed by atoms with Crippen molar-refractivity contribution < 1.29 is 37.3 Å². The van der Waals surface area contributed by atoms with E-state index in [2.05, 4.69) is 74.7 Å². The Bertz CT molecular complexity index is 1520. The first-order valence-corrected chi connectivity index (χ1v) is 34.6. The van der Waals surface area contributed by atoms with E-state index in [4.69, 9.17) is 13.8 Å². The summed E-state index contributed by atoms with van der Waals surface area (Å²) in [6, 6.07) is -0.888. The van der Waals surface area contributed by atoms with Crippen molar-refractivity contribution >= 4 is 19.7 Å². The number of hydrogen-bond acceptors (Lipinski definition) is 7. The lowest BCUT2D eigenvalue weighted by atomic mass is 10.0. The minimum Gasteiger partial charge on any atom is -0.756 e. The van der Waals surface area contributed by atoms with Crippen molar-refractivity contribution in [2.24, 2.45) is 0 Å². The number of carbonyl (C=O) groups is 2. The minimum atomic E-state index is -4.70. The van der Waals surface area contributed by atoms with Crippen LogP contribution in [0.15, 0.2) is 60.8 Å². The topological polar surface area (TPSA) is 114 Å². The van der Waals surface area contributed by atoms with Crippen LogP contribution in [0.4, 0.5) is 0 Å². The molecule has 456 valence electrons. The molecule has 10 heteroatoms. The number of carbonyl (C=O) groups excluding carboxylic acids is 2. The van der Waals surface area contributed by atoms with E-state index in [0.29, 0.717) is 17.4 Å². The standard InChI is InChI=1S/C68H127N2O7P/c1-7-10-13-16-19-22-25-28-29-30-31-32-33-34-35-36-37-38-39-40-41-43-45-48-51-54-57-60-67(71)69-65(64-76-78(73,74)75-63-62-70(4,5)6)66(59-56-53-50-47-44-27-24-21-18-15-12-9-3)77-68(72)61-58-55-52-49-46-42-26-23-20-17-14-11-8-2/h19,22,28-29,31-32,34-35,56,59,65-66H,7-18,20-21,23-27,30,33,36-55,57-58,60-64H2,1-6H3,(H-,69,71,73,74)/b22-19-,29-28-,32-31-,35-34-,59-56-. The van der Waals surface area contributed by atoms with Crippen LogP contribution >= 0.6 is 7.82 Å². The third kappa shape index (κ3) is 58.4. The highest BCUT2D eigenvalue weighted by Crippen LogP contribution is 2.38. The number of phosphoric acid groups is 1. The predicted octanol–water partition coefficient (Wildman–Crippen LogP) is 20.0. The molecule has 1 N–H and O–H groups in total. The van der Waals surface area contributed by atoms with E-state index in [1.54, 1.807) is 0 Å². The minimum absolute atomic E-state index is 0.0224. The van der Waals surface area contributed by atoms with Crippen molar-refractivity contribution in [3.8, 4) is 0 Å². The van der Waals surface area contributed by atoms with Crippen LogP contribution in [0.5, 0.6) is 0 Å². The first-order valence-electron chi connectivity index (χ1n) is 33.1. The Morgan fingerprint density at radius 3 is 1.19 bits per heavy atom. The van der Waals surface area contributed by atoms with Gasteiger partial charge in [-0.25, -0.2) is 0 Å². The average molecular weight is 1120 g/mol. The number of amides is 1. The number of nitrogens with zero attached hydrogens (tertiary/aromatic N) is 1. The second kappa shape index (κ2) is 57.9. The van der Waals surface area contributed by atoms with Crippen molar-refractivity contribution in [2.75, 3.05) is 40.9 Å². The van der Waals surface area contributed by atoms with E-state index in [-0.39, 0.29) is 31.5 Å². The van der Waals surface area contributed by atoms with Crippen LogP contribution in [0.1, 0.15) is 310 Å². The summed E-state index contributed by atoms with van der Waals surface area (Å²) in [5.41, 5.74) is 0. The lowest BCUT2D eigenvalue weighted by molar-refractivity contribution is -0.870. The first kappa shape index (κ1) is 75.7. The third-order valence-electron chi connectivity index (χ3n) is 14.7. The summed E-state index contributed by atoms with van der Waals surface area (Å²) >= 11 is 0. The van der Waals surface area contributed by atoms with E-state index in [1.165, 1.54) is 193 Å². The summed E-state index contributed by atoms with van der Waals surface area (Å²) in [5, 5.41) is 3.04. The van der Waals surface area contributed by atoms with Gasteiger partial charge in [-0.2, -0.15) is 0 Å². The molecule has 78 heavy (non-hydrogen) atoms. The summed E-state index contributed by atoms with van der Waals surface area (Å²) < 4.78 is 30.3. The number of ether oxygens (including phenoxy) is 1. The lowest BCUT2D eigenvalue weighted by Gasteiger charge is -2.30. The number of esters is 1. The smallest absolute Gasteiger partial charge is 0.306 e. The molecule has 0 aromatic rings. The fourth-order valence-electron chi connectivity index (χ4n) is 9.57. The molecule has 0 aliphatic carbocycles. The molecule has 3 unspecified atom stereocenters. The molecular formula is C68H127N2O7P. The van der Waals surface area contributed by atoms with Gasteiger partial charge in [0, 0.05) is 12.8 Å². The maximum absolute atomic E-state index is 13.6. The summed E-state index contributed by atoms with van der Waals surface area (Å²) in [4.78, 5) is 40.0. The monoisotopic (exact) mass is 1110 g/mol. The van der Waals surface area contributed by atoms with Gasteiger partial charge in [0.15, 0.2) is 0 Å². The zero-order valence-electron chi connectivity index (χ0n) is 52.1. The average Bonchev–Trinajstić information content (AvgIpc) is 3.40. The second-order valence-corrected chi connectivity index (χ2v) is 25.0. The van der Waals surface area contributed by atoms with Gasteiger partial charge in [-0.1, -0.05) is 281 Å². The molecule has 1 amide bonds. The summed E-state index contributed by atoms with van der Waals surface area (Å²) in [6.45, 7) is 6.83. The van der Waals surface area contributed by atoms with E-state index < -0.39 is 20.0 Å². The summed E-state index contributed by atoms with van der Waals surface area (Å²) in [6.07, 6.45) is 73.3. The van der Waals surface area contributed by atoms with Gasteiger partial charge in [-0.05, 0) is 76.7 Å². The van der Waals surface area contributed by atoms with Gasteiger partial charge < -0.3 is 28.5 Å². The van der Waals surface area contributed by atoms with Crippen molar-refractivity contribution in [1.29, 1.82) is 0 Å². The first-order chi connectivity index (χ1) is 37.9. The Balaban J connectivity index is 5.04. The molecule has 9 nitrogen and oxygen atoms in total. The number of rotatable bonds is 60. The van der Waals surface area contributed by atoms with Crippen LogP contribution < -0.4 is 10.2 Å². The van der Waals surface area contributed by atoms with Crippen LogP contribution in [-0.4, -0.2) is 69.4 Å². The fourth-order valence-corrected chi connectivity index (χ4v) is 10.3. The number of nitrogens with one attached hydrogen (secondary N) is 1. The van der Waals surface area contributed by atoms with Crippen molar-refractivity contribution in [3.63, 3.8) is 0 Å². The van der Waals surface area contributed by atoms with Crippen molar-refractivity contribution in [2.45, 2.75) is 322 Å². The molecule has 0 aliphatic heterocycles. The zero-order chi connectivity index (χ0) is 57.2. The normalized spacial score (nSPS) is 14.0. The highest BCUT2D eigenvalue weighted by atomic mass is 31.2. The zero-order valence-corrected chi connectivity index (χ0v) is 53.0. The Labute approximate surface area is 483 Å². The molecule has 0 heterocycles. The molecule has 0 radical (unpaired) electrons. The van der Waals surface area contributed by atoms with Gasteiger partial charge in [-0.15, -0.1) is 0 Å². The van der Waals surface area contributed by atoms with Crippen LogP contribution in [-0.2, 0) is 27.9 Å². The summed E-state index contributed by atoms with van der Waals surface area (Å²) in [5.74, 6) is -0.535. The van der Waals surface area contributed by atoms with Gasteiger partial charge >= 0.3 is 5.97 Å². The van der Waals surface area contributed by atoms with Crippen LogP contribution in [0.2, 0.25) is 0 Å². The Morgan fingerprint density at radius 1 is 0.449 bits per heavy atom. The maximum atomic E-state index is 13.6. The molecule has 3 atom stereocenters. The van der Waals surface area contributed by atoms with Crippen molar-refractivity contribution in [1.82, 2.24) is 5.32 Å². The van der Waals surface area contributed by atoms with Crippen LogP contribution in [0.3, 0.4) is 0 Å². The van der Waals surface area contributed by atoms with Gasteiger partial charge in [0.25, 0.3) is 7.82 Å². The number of likely N-dealkylation sites (N-methyl/N-ethyl adjacent to an activating group) is 1. The molecule has 0 rings (SSSR count). The van der Waals surface area contributed by atoms with Crippen LogP contribution in [0.25, 0.3) is 0 Å². The lowest BCUT2D eigenvalue weighted by Crippen LogP contribution is -2.47. The third-order valence-corrected chi connectivity index (χ3v) is 15.7. The van der Waals surface area contributed by atoms with E-state index in [1.807, 2.05) is 33.3 Å². The van der Waals surface area contributed by atoms with Gasteiger partial charge in [0.05, 0.1) is 33.8 Å². The SMILES string of the molecule is CCCCC/C=C\C/C=C\C/C=C\C/C=C\CCCCCCCCCCCCCC(=O)NC(COP(=O)([O-])OCC[N+](C)(C)C)C(/C=C\CCCCCCCCCCCC)OC(=O)CCCCCCCCCCCCCCC. The maximum Gasteiger partial charge on any atom is 0.306 e. The number of unbranched alkanes of at least 4 members (excludes halogenated alkanes) is 36. The molecule has 0 aromatic carbocycles. The molecule has 0 aliphatic rings. The molecule has 0 saturated heterocycles. The second-order valence-electron chi connectivity index (χ2n) is 23.6. The fraction of sp³-hybridized carbons (Fsp3) is 0.824. The van der Waals surface area contributed by atoms with E-state index in [0.717, 1.165) is 83.5 Å². The van der Waals surface area contributed by atoms with Gasteiger partial charge in [0.2, 0.25) is 5.91 Å². The molecule has 0 saturated carbocycles. The number of quaternary nitrogens is 1. The van der Waals surface area contributed by atoms with Crippen LogP contribution in [0, 0.1) is 0 Å². The largest absolute Gasteiger partial charge is 0.756 e. The highest BCUT2D eigenvalue weighted by Gasteiger charge is 2.27. The summed E-state index contributed by atoms with van der Waals surface area (Å²) in [7, 11) is 1.19. The molecule has 0 spiro atoms. The van der Waals surface area contributed by atoms with Gasteiger partial charge in [0.1, 0.15) is 19.3 Å². The Hall–Kier alpha value is -2.29. The molecule has 0 aromatic heterocycles. The van der Waals surface area contributed by atoms with E-state index in [9.17, 15) is 19.0 Å². The van der Waals surface area contributed by atoms with Crippen molar-refractivity contribution in [3.05, 3.63) is 60.8 Å². The Kier molecular flexibility index (Phi) is 56.2.